The van der Waals surface area contributed by atoms with Crippen LogP contribution in [0.25, 0.3) is 0 Å². The third-order valence-electron chi connectivity index (χ3n) is 4.27. The number of hydrogen-bond donors (Lipinski definition) is 1. The average molecular weight is 309 g/mol. The van der Waals surface area contributed by atoms with E-state index in [0.717, 1.165) is 24.7 Å². The Morgan fingerprint density at radius 2 is 2.05 bits per heavy atom. The highest BCUT2D eigenvalue weighted by Crippen LogP contribution is 2.34. The molecule has 1 N–H and O–H groups in total. The summed E-state index contributed by atoms with van der Waals surface area (Å²) in [5, 5.41) is 4.37. The van der Waals surface area contributed by atoms with Gasteiger partial charge in [-0.1, -0.05) is 45.4 Å². The van der Waals surface area contributed by atoms with Crippen molar-refractivity contribution in [3.05, 3.63) is 28.8 Å². The fourth-order valence-corrected chi connectivity index (χ4v) is 3.49. The SMILES string of the molecule is CC(C)CNCc1ccc(N2CCCC2C(C)C)c(Cl)c1. The van der Waals surface area contributed by atoms with E-state index >= 15 is 0 Å². The Kier molecular flexibility index (Phi) is 5.95. The first-order chi connectivity index (χ1) is 9.99. The van der Waals surface area contributed by atoms with Gasteiger partial charge in [-0.05, 0) is 48.9 Å². The molecule has 0 aliphatic carbocycles. The standard InChI is InChI=1S/C18H29ClN2/c1-13(2)11-20-12-15-7-8-18(16(19)10-15)21-9-5-6-17(21)14(3)4/h7-8,10,13-14,17,20H,5-6,9,11-12H2,1-4H3. The molecule has 2 nitrogen and oxygen atoms in total. The molecule has 2 rings (SSSR count). The van der Waals surface area contributed by atoms with E-state index in [1.807, 2.05) is 0 Å². The maximum atomic E-state index is 6.55. The van der Waals surface area contributed by atoms with E-state index in [1.54, 1.807) is 0 Å². The highest BCUT2D eigenvalue weighted by molar-refractivity contribution is 6.33. The molecule has 1 fully saturated rings. The number of rotatable bonds is 6. The van der Waals surface area contributed by atoms with Gasteiger partial charge in [0.2, 0.25) is 0 Å². The molecule has 21 heavy (non-hydrogen) atoms. The number of halogens is 1. The predicted molar refractivity (Wildman–Crippen MR) is 93.2 cm³/mol. The van der Waals surface area contributed by atoms with E-state index in [2.05, 4.69) is 56.1 Å². The maximum Gasteiger partial charge on any atom is 0.0642 e. The quantitative estimate of drug-likeness (QED) is 0.818. The Bertz CT molecular complexity index is 457. The van der Waals surface area contributed by atoms with Crippen LogP contribution >= 0.6 is 11.6 Å². The minimum absolute atomic E-state index is 0.632. The van der Waals surface area contributed by atoms with Crippen LogP contribution in [-0.2, 0) is 6.54 Å². The monoisotopic (exact) mass is 308 g/mol. The van der Waals surface area contributed by atoms with Gasteiger partial charge in [-0.2, -0.15) is 0 Å². The van der Waals surface area contributed by atoms with Crippen LogP contribution in [0.1, 0.15) is 46.1 Å². The zero-order valence-electron chi connectivity index (χ0n) is 13.8. The Balaban J connectivity index is 2.05. The number of hydrogen-bond acceptors (Lipinski definition) is 2. The Morgan fingerprint density at radius 3 is 2.67 bits per heavy atom. The Morgan fingerprint density at radius 1 is 1.29 bits per heavy atom. The van der Waals surface area contributed by atoms with Gasteiger partial charge >= 0.3 is 0 Å². The van der Waals surface area contributed by atoms with Crippen LogP contribution in [0, 0.1) is 11.8 Å². The molecule has 3 heteroatoms. The summed E-state index contributed by atoms with van der Waals surface area (Å²) < 4.78 is 0. The van der Waals surface area contributed by atoms with Crippen molar-refractivity contribution in [2.75, 3.05) is 18.0 Å². The molecule has 0 aromatic heterocycles. The molecule has 1 saturated heterocycles. The second kappa shape index (κ2) is 7.51. The van der Waals surface area contributed by atoms with Crippen molar-refractivity contribution in [3.63, 3.8) is 0 Å². The van der Waals surface area contributed by atoms with Crippen LogP contribution in [0.2, 0.25) is 5.02 Å². The highest BCUT2D eigenvalue weighted by Gasteiger charge is 2.28. The molecule has 1 aliphatic rings. The second-order valence-corrected chi connectivity index (χ2v) is 7.36. The summed E-state index contributed by atoms with van der Waals surface area (Å²) in [7, 11) is 0. The third kappa shape index (κ3) is 4.37. The number of nitrogens with zero attached hydrogens (tertiary/aromatic N) is 1. The van der Waals surface area contributed by atoms with Gasteiger partial charge in [0.1, 0.15) is 0 Å². The molecule has 0 spiro atoms. The van der Waals surface area contributed by atoms with Crippen LogP contribution in [0.3, 0.4) is 0 Å². The first-order valence-corrected chi connectivity index (χ1v) is 8.62. The van der Waals surface area contributed by atoms with Gasteiger partial charge in [0, 0.05) is 19.1 Å². The lowest BCUT2D eigenvalue weighted by atomic mass is 10.0. The minimum Gasteiger partial charge on any atom is -0.367 e. The van der Waals surface area contributed by atoms with Gasteiger partial charge in [0.25, 0.3) is 0 Å². The molecule has 118 valence electrons. The summed E-state index contributed by atoms with van der Waals surface area (Å²) in [6.45, 7) is 12.1. The van der Waals surface area contributed by atoms with Crippen molar-refractivity contribution in [2.45, 2.75) is 53.1 Å². The van der Waals surface area contributed by atoms with Crippen LogP contribution < -0.4 is 10.2 Å². The van der Waals surface area contributed by atoms with E-state index in [9.17, 15) is 0 Å². The van der Waals surface area contributed by atoms with Crippen molar-refractivity contribution < 1.29 is 0 Å². The molecular formula is C18H29ClN2. The maximum absolute atomic E-state index is 6.55. The van der Waals surface area contributed by atoms with Crippen LogP contribution in [0.5, 0.6) is 0 Å². The van der Waals surface area contributed by atoms with E-state index < -0.39 is 0 Å². The molecule has 1 unspecified atom stereocenters. The van der Waals surface area contributed by atoms with Crippen molar-refractivity contribution in [1.29, 1.82) is 0 Å². The topological polar surface area (TPSA) is 15.3 Å². The fourth-order valence-electron chi connectivity index (χ4n) is 3.18. The fraction of sp³-hybridized carbons (Fsp3) is 0.667. The first kappa shape index (κ1) is 16.6. The lowest BCUT2D eigenvalue weighted by Gasteiger charge is -2.30. The molecule has 1 aliphatic heterocycles. The Labute approximate surface area is 134 Å². The van der Waals surface area contributed by atoms with Crippen LogP contribution in [-0.4, -0.2) is 19.1 Å². The van der Waals surface area contributed by atoms with E-state index in [-0.39, 0.29) is 0 Å². The number of benzene rings is 1. The zero-order valence-corrected chi connectivity index (χ0v) is 14.6. The first-order valence-electron chi connectivity index (χ1n) is 8.24. The van der Waals surface area contributed by atoms with Gasteiger partial charge in [0.05, 0.1) is 10.7 Å². The molecular weight excluding hydrogens is 280 g/mol. The largest absolute Gasteiger partial charge is 0.367 e. The summed E-state index contributed by atoms with van der Waals surface area (Å²) in [6.07, 6.45) is 2.56. The van der Waals surface area contributed by atoms with Gasteiger partial charge in [-0.25, -0.2) is 0 Å². The van der Waals surface area contributed by atoms with Gasteiger partial charge in [-0.3, -0.25) is 0 Å². The molecule has 0 amide bonds. The van der Waals surface area contributed by atoms with Gasteiger partial charge < -0.3 is 10.2 Å². The predicted octanol–water partition coefficient (Wildman–Crippen LogP) is 4.71. The highest BCUT2D eigenvalue weighted by atomic mass is 35.5. The number of anilines is 1. The lowest BCUT2D eigenvalue weighted by Crippen LogP contribution is -2.33. The van der Waals surface area contributed by atoms with Crippen LogP contribution in [0.4, 0.5) is 5.69 Å². The molecule has 1 atom stereocenters. The molecule has 1 aromatic rings. The minimum atomic E-state index is 0.632. The molecule has 0 bridgehead atoms. The van der Waals surface area contributed by atoms with E-state index in [4.69, 9.17) is 11.6 Å². The summed E-state index contributed by atoms with van der Waals surface area (Å²) in [5.74, 6) is 1.35. The number of nitrogens with one attached hydrogen (secondary N) is 1. The zero-order chi connectivity index (χ0) is 15.4. The van der Waals surface area contributed by atoms with Crippen LogP contribution in [0.15, 0.2) is 18.2 Å². The third-order valence-corrected chi connectivity index (χ3v) is 4.57. The van der Waals surface area contributed by atoms with E-state index in [0.29, 0.717) is 17.9 Å². The summed E-state index contributed by atoms with van der Waals surface area (Å²) in [4.78, 5) is 2.50. The molecule has 0 saturated carbocycles. The van der Waals surface area contributed by atoms with E-state index in [1.165, 1.54) is 24.1 Å². The van der Waals surface area contributed by atoms with Gasteiger partial charge in [-0.15, -0.1) is 0 Å². The lowest BCUT2D eigenvalue weighted by molar-refractivity contribution is 0.492. The summed E-state index contributed by atoms with van der Waals surface area (Å²) in [5.41, 5.74) is 2.48. The average Bonchev–Trinajstić information content (AvgIpc) is 2.87. The smallest absolute Gasteiger partial charge is 0.0642 e. The molecule has 1 aromatic carbocycles. The van der Waals surface area contributed by atoms with Crippen molar-refractivity contribution in [1.82, 2.24) is 5.32 Å². The molecule has 0 radical (unpaired) electrons. The molecule has 1 heterocycles. The van der Waals surface area contributed by atoms with Crippen molar-refractivity contribution in [3.8, 4) is 0 Å². The normalized spacial score (nSPS) is 19.0. The Hall–Kier alpha value is -0.730. The van der Waals surface area contributed by atoms with Gasteiger partial charge in [0.15, 0.2) is 0 Å². The van der Waals surface area contributed by atoms with Crippen molar-refractivity contribution >= 4 is 17.3 Å². The summed E-state index contributed by atoms with van der Waals surface area (Å²) >= 11 is 6.55. The second-order valence-electron chi connectivity index (χ2n) is 6.96. The summed E-state index contributed by atoms with van der Waals surface area (Å²) in [6, 6.07) is 7.17. The van der Waals surface area contributed by atoms with Crippen molar-refractivity contribution in [2.24, 2.45) is 11.8 Å².